The van der Waals surface area contributed by atoms with Crippen LogP contribution in [0.4, 0.5) is 10.5 Å². The Morgan fingerprint density at radius 2 is 2.00 bits per heavy atom. The summed E-state index contributed by atoms with van der Waals surface area (Å²) in [5.74, 6) is 0.558. The Labute approximate surface area is 192 Å². The summed E-state index contributed by atoms with van der Waals surface area (Å²) in [5.41, 5.74) is 9.05. The molecule has 3 aromatic rings. The largest absolute Gasteiger partial charge is 0.490 e. The maximum atomic E-state index is 12.7. The third-order valence-electron chi connectivity index (χ3n) is 5.45. The Morgan fingerprint density at radius 1 is 1.18 bits per heavy atom. The summed E-state index contributed by atoms with van der Waals surface area (Å²) < 4.78 is 17.1. The van der Waals surface area contributed by atoms with Gasteiger partial charge in [0.05, 0.1) is 25.1 Å². The number of anilines is 1. The van der Waals surface area contributed by atoms with Crippen molar-refractivity contribution in [2.75, 3.05) is 51.3 Å². The van der Waals surface area contributed by atoms with Crippen LogP contribution in [-0.4, -0.2) is 67.2 Å². The number of hydrogen-bond donors (Lipinski definition) is 3. The molecule has 2 heterocycles. The van der Waals surface area contributed by atoms with E-state index >= 15 is 0 Å². The Morgan fingerprint density at radius 3 is 2.73 bits per heavy atom. The molecule has 1 unspecified atom stereocenters. The molecule has 9 heteroatoms. The minimum Gasteiger partial charge on any atom is -0.490 e. The van der Waals surface area contributed by atoms with Crippen LogP contribution in [0, 0.1) is 0 Å². The lowest BCUT2D eigenvalue weighted by atomic mass is 10.1. The molecule has 4 rings (SSSR count). The number of carbonyl (C=O) groups is 1. The van der Waals surface area contributed by atoms with Crippen LogP contribution in [0.3, 0.4) is 0 Å². The van der Waals surface area contributed by atoms with Gasteiger partial charge >= 0.3 is 6.09 Å². The van der Waals surface area contributed by atoms with Crippen molar-refractivity contribution < 1.29 is 19.0 Å². The Hall–Kier alpha value is -3.40. The van der Waals surface area contributed by atoms with E-state index in [2.05, 4.69) is 20.4 Å². The van der Waals surface area contributed by atoms with Crippen LogP contribution in [0.5, 0.6) is 5.75 Å². The zero-order chi connectivity index (χ0) is 22.9. The van der Waals surface area contributed by atoms with Gasteiger partial charge in [-0.3, -0.25) is 15.3 Å². The van der Waals surface area contributed by atoms with Crippen molar-refractivity contribution in [1.29, 1.82) is 0 Å². The quantitative estimate of drug-likeness (QED) is 0.458. The smallest absolute Gasteiger partial charge is 0.412 e. The highest BCUT2D eigenvalue weighted by molar-refractivity contribution is 5.88. The first-order valence-electron chi connectivity index (χ1n) is 11.0. The second kappa shape index (κ2) is 11.5. The van der Waals surface area contributed by atoms with Crippen molar-refractivity contribution >= 4 is 11.8 Å². The summed E-state index contributed by atoms with van der Waals surface area (Å²) in [5, 5.41) is 9.63. The molecule has 2 aromatic carbocycles. The summed E-state index contributed by atoms with van der Waals surface area (Å²) in [6.07, 6.45) is 2.41. The van der Waals surface area contributed by atoms with Crippen molar-refractivity contribution in [2.24, 2.45) is 5.73 Å². The lowest BCUT2D eigenvalue weighted by Gasteiger charge is -2.26. The summed E-state index contributed by atoms with van der Waals surface area (Å²) >= 11 is 0. The molecule has 0 bridgehead atoms. The molecular weight excluding hydrogens is 422 g/mol. The summed E-state index contributed by atoms with van der Waals surface area (Å²) in [6.45, 7) is 4.67. The molecule has 4 N–H and O–H groups in total. The van der Waals surface area contributed by atoms with E-state index in [1.165, 1.54) is 0 Å². The van der Waals surface area contributed by atoms with Crippen LogP contribution < -0.4 is 15.8 Å². The summed E-state index contributed by atoms with van der Waals surface area (Å²) in [4.78, 5) is 14.9. The Bertz CT molecular complexity index is 1010. The number of rotatable bonds is 9. The standard InChI is InChI=1S/C24H29N5O4/c25-15-23(18-4-2-1-3-5-18)33-24(30)28-21-7-6-19(20-16-26-27-17-20)14-22(21)32-13-10-29-8-11-31-12-9-29/h1-7,14,16-17,23H,8-13,15,25H2,(H,26,27)(H,28,30). The number of carbonyl (C=O) groups excluding carboxylic acids is 1. The van der Waals surface area contributed by atoms with Gasteiger partial charge in [-0.05, 0) is 23.3 Å². The molecule has 0 spiro atoms. The molecule has 0 aliphatic carbocycles. The molecule has 0 radical (unpaired) electrons. The van der Waals surface area contributed by atoms with Gasteiger partial charge < -0.3 is 19.9 Å². The number of ether oxygens (including phenoxy) is 3. The number of H-pyrrole nitrogens is 1. The second-order valence-electron chi connectivity index (χ2n) is 7.67. The highest BCUT2D eigenvalue weighted by Crippen LogP contribution is 2.31. The van der Waals surface area contributed by atoms with Crippen molar-refractivity contribution in [2.45, 2.75) is 6.10 Å². The minimum absolute atomic E-state index is 0.180. The normalized spacial score (nSPS) is 15.1. The van der Waals surface area contributed by atoms with E-state index in [1.807, 2.05) is 42.5 Å². The van der Waals surface area contributed by atoms with Crippen LogP contribution >= 0.6 is 0 Å². The van der Waals surface area contributed by atoms with Crippen LogP contribution in [0.1, 0.15) is 11.7 Å². The van der Waals surface area contributed by atoms with Crippen molar-refractivity contribution in [3.8, 4) is 16.9 Å². The van der Waals surface area contributed by atoms with E-state index in [4.69, 9.17) is 19.9 Å². The second-order valence-corrected chi connectivity index (χ2v) is 7.67. The zero-order valence-corrected chi connectivity index (χ0v) is 18.4. The molecule has 1 aromatic heterocycles. The van der Waals surface area contributed by atoms with E-state index < -0.39 is 12.2 Å². The first-order valence-corrected chi connectivity index (χ1v) is 11.0. The van der Waals surface area contributed by atoms with Gasteiger partial charge in [0.1, 0.15) is 18.5 Å². The number of amides is 1. The summed E-state index contributed by atoms with van der Waals surface area (Å²) in [6, 6.07) is 15.0. The van der Waals surface area contributed by atoms with Crippen LogP contribution in [0.2, 0.25) is 0 Å². The number of nitrogens with zero attached hydrogens (tertiary/aromatic N) is 2. The number of morpholine rings is 1. The molecule has 1 atom stereocenters. The molecule has 1 aliphatic heterocycles. The molecular formula is C24H29N5O4. The third kappa shape index (κ3) is 6.32. The van der Waals surface area contributed by atoms with Crippen LogP contribution in [-0.2, 0) is 9.47 Å². The van der Waals surface area contributed by atoms with E-state index in [0.717, 1.165) is 49.5 Å². The van der Waals surface area contributed by atoms with E-state index in [1.54, 1.807) is 18.5 Å². The van der Waals surface area contributed by atoms with E-state index in [9.17, 15) is 4.79 Å². The molecule has 1 saturated heterocycles. The van der Waals surface area contributed by atoms with Gasteiger partial charge in [-0.2, -0.15) is 5.10 Å². The van der Waals surface area contributed by atoms with E-state index in [-0.39, 0.29) is 6.54 Å². The number of aromatic amines is 1. The van der Waals surface area contributed by atoms with Crippen LogP contribution in [0.15, 0.2) is 60.9 Å². The van der Waals surface area contributed by atoms with E-state index in [0.29, 0.717) is 18.0 Å². The molecule has 1 fully saturated rings. The van der Waals surface area contributed by atoms with Gasteiger partial charge in [0, 0.05) is 37.9 Å². The molecule has 33 heavy (non-hydrogen) atoms. The SMILES string of the molecule is NCC(OC(=O)Nc1ccc(-c2cn[nH]c2)cc1OCCN1CCOCC1)c1ccccc1. The molecule has 0 saturated carbocycles. The fourth-order valence-corrected chi connectivity index (χ4v) is 3.63. The minimum atomic E-state index is -0.594. The average molecular weight is 452 g/mol. The predicted octanol–water partition coefficient (Wildman–Crippen LogP) is 3.04. The van der Waals surface area contributed by atoms with Crippen LogP contribution in [0.25, 0.3) is 11.1 Å². The molecule has 9 nitrogen and oxygen atoms in total. The number of aromatic nitrogens is 2. The Kier molecular flexibility index (Phi) is 7.91. The number of benzene rings is 2. The highest BCUT2D eigenvalue weighted by Gasteiger charge is 2.18. The van der Waals surface area contributed by atoms with Crippen molar-refractivity contribution in [3.63, 3.8) is 0 Å². The number of hydrogen-bond acceptors (Lipinski definition) is 7. The zero-order valence-electron chi connectivity index (χ0n) is 18.4. The number of nitrogens with one attached hydrogen (secondary N) is 2. The fraction of sp³-hybridized carbons (Fsp3) is 0.333. The van der Waals surface area contributed by atoms with Gasteiger partial charge in [-0.25, -0.2) is 4.79 Å². The topological polar surface area (TPSA) is 115 Å². The van der Waals surface area contributed by atoms with Gasteiger partial charge in [0.15, 0.2) is 0 Å². The van der Waals surface area contributed by atoms with Gasteiger partial charge in [0.25, 0.3) is 0 Å². The van der Waals surface area contributed by atoms with Gasteiger partial charge in [0.2, 0.25) is 0 Å². The predicted molar refractivity (Wildman–Crippen MR) is 125 cm³/mol. The van der Waals surface area contributed by atoms with Crippen molar-refractivity contribution in [1.82, 2.24) is 15.1 Å². The summed E-state index contributed by atoms with van der Waals surface area (Å²) in [7, 11) is 0. The molecule has 174 valence electrons. The molecule has 1 amide bonds. The third-order valence-corrected chi connectivity index (χ3v) is 5.45. The first-order chi connectivity index (χ1) is 16.2. The monoisotopic (exact) mass is 451 g/mol. The lowest BCUT2D eigenvalue weighted by Crippen LogP contribution is -2.38. The highest BCUT2D eigenvalue weighted by atomic mass is 16.6. The lowest BCUT2D eigenvalue weighted by molar-refractivity contribution is 0.0323. The maximum absolute atomic E-state index is 12.7. The number of nitrogens with two attached hydrogens (primary N) is 1. The first kappa shape index (κ1) is 22.8. The van der Waals surface area contributed by atoms with Gasteiger partial charge in [-0.1, -0.05) is 36.4 Å². The Balaban J connectivity index is 1.45. The maximum Gasteiger partial charge on any atom is 0.412 e. The molecule has 1 aliphatic rings. The average Bonchev–Trinajstić information content (AvgIpc) is 3.40. The van der Waals surface area contributed by atoms with Crippen molar-refractivity contribution in [3.05, 3.63) is 66.5 Å². The van der Waals surface area contributed by atoms with Gasteiger partial charge in [-0.15, -0.1) is 0 Å². The fourth-order valence-electron chi connectivity index (χ4n) is 3.63.